The van der Waals surface area contributed by atoms with Crippen LogP contribution in [0, 0.1) is 5.82 Å². The lowest BCUT2D eigenvalue weighted by Gasteiger charge is -2.21. The zero-order valence-electron chi connectivity index (χ0n) is 11.7. The molecule has 0 bridgehead atoms. The summed E-state index contributed by atoms with van der Waals surface area (Å²) in [7, 11) is 0. The molecule has 1 aliphatic heterocycles. The van der Waals surface area contributed by atoms with Gasteiger partial charge in [-0.2, -0.15) is 0 Å². The summed E-state index contributed by atoms with van der Waals surface area (Å²) < 4.78 is 12.8. The number of aryl methyl sites for hydroxylation is 1. The van der Waals surface area contributed by atoms with Gasteiger partial charge in [-0.1, -0.05) is 18.2 Å². The normalized spacial score (nSPS) is 13.2. The van der Waals surface area contributed by atoms with E-state index >= 15 is 0 Å². The van der Waals surface area contributed by atoms with Crippen molar-refractivity contribution in [1.29, 1.82) is 0 Å². The fourth-order valence-corrected chi connectivity index (χ4v) is 2.61. The van der Waals surface area contributed by atoms with Gasteiger partial charge in [-0.25, -0.2) is 4.39 Å². The summed E-state index contributed by atoms with van der Waals surface area (Å²) in [5.41, 5.74) is 4.00. The minimum absolute atomic E-state index is 0.191. The molecule has 21 heavy (non-hydrogen) atoms. The monoisotopic (exact) mass is 284 g/mol. The second kappa shape index (κ2) is 5.95. The van der Waals surface area contributed by atoms with E-state index in [2.05, 4.69) is 16.7 Å². The molecule has 1 heterocycles. The second-order valence-corrected chi connectivity index (χ2v) is 5.17. The molecule has 4 heteroatoms. The number of nitrogens with one attached hydrogen (secondary N) is 2. The maximum Gasteiger partial charge on any atom is 0.251 e. The first-order valence-electron chi connectivity index (χ1n) is 7.12. The summed E-state index contributed by atoms with van der Waals surface area (Å²) in [6, 6.07) is 11.7. The predicted octanol–water partition coefficient (Wildman–Crippen LogP) is 3.11. The molecule has 0 aliphatic carbocycles. The van der Waals surface area contributed by atoms with E-state index in [0.29, 0.717) is 12.1 Å². The van der Waals surface area contributed by atoms with Gasteiger partial charge in [0.25, 0.3) is 5.91 Å². The van der Waals surface area contributed by atoms with E-state index in [1.165, 1.54) is 29.8 Å². The molecule has 2 aromatic rings. The van der Waals surface area contributed by atoms with Crippen molar-refractivity contribution >= 4 is 11.6 Å². The van der Waals surface area contributed by atoms with E-state index in [4.69, 9.17) is 0 Å². The maximum atomic E-state index is 12.8. The van der Waals surface area contributed by atoms with E-state index in [0.717, 1.165) is 30.6 Å². The number of rotatable bonds is 3. The van der Waals surface area contributed by atoms with Crippen LogP contribution in [0.3, 0.4) is 0 Å². The molecule has 0 fully saturated rings. The van der Waals surface area contributed by atoms with Crippen molar-refractivity contribution in [3.8, 4) is 0 Å². The standard InChI is InChI=1S/C17H17FN2O/c18-15-8-6-13(7-9-15)17(21)20-11-14-4-1-3-12-5-2-10-19-16(12)14/h1,3-4,6-9,19H,2,5,10-11H2,(H,20,21). The molecule has 0 saturated heterocycles. The van der Waals surface area contributed by atoms with Crippen molar-refractivity contribution < 1.29 is 9.18 Å². The van der Waals surface area contributed by atoms with Gasteiger partial charge in [0.1, 0.15) is 5.82 Å². The second-order valence-electron chi connectivity index (χ2n) is 5.17. The fraction of sp³-hybridized carbons (Fsp3) is 0.235. The molecular weight excluding hydrogens is 267 g/mol. The number of benzene rings is 2. The lowest BCUT2D eigenvalue weighted by atomic mass is 9.99. The van der Waals surface area contributed by atoms with Crippen LogP contribution < -0.4 is 10.6 Å². The van der Waals surface area contributed by atoms with Crippen molar-refractivity contribution in [2.75, 3.05) is 11.9 Å². The first-order chi connectivity index (χ1) is 10.2. The Morgan fingerprint density at radius 3 is 2.81 bits per heavy atom. The quantitative estimate of drug-likeness (QED) is 0.909. The van der Waals surface area contributed by atoms with E-state index in [9.17, 15) is 9.18 Å². The molecule has 2 N–H and O–H groups in total. The minimum Gasteiger partial charge on any atom is -0.385 e. The van der Waals surface area contributed by atoms with E-state index in [1.54, 1.807) is 0 Å². The van der Waals surface area contributed by atoms with Crippen molar-refractivity contribution in [3.05, 3.63) is 65.0 Å². The van der Waals surface area contributed by atoms with Crippen molar-refractivity contribution in [3.63, 3.8) is 0 Å². The van der Waals surface area contributed by atoms with Crippen LogP contribution in [0.5, 0.6) is 0 Å². The predicted molar refractivity (Wildman–Crippen MR) is 80.8 cm³/mol. The number of hydrogen-bond acceptors (Lipinski definition) is 2. The summed E-state index contributed by atoms with van der Waals surface area (Å²) in [4.78, 5) is 12.0. The Morgan fingerprint density at radius 2 is 2.00 bits per heavy atom. The van der Waals surface area contributed by atoms with E-state index in [-0.39, 0.29) is 11.7 Å². The summed E-state index contributed by atoms with van der Waals surface area (Å²) in [5.74, 6) is -0.531. The van der Waals surface area contributed by atoms with E-state index in [1.807, 2.05) is 12.1 Å². The third kappa shape index (κ3) is 3.05. The smallest absolute Gasteiger partial charge is 0.251 e. The number of halogens is 1. The third-order valence-electron chi connectivity index (χ3n) is 3.71. The molecule has 3 rings (SSSR count). The Kier molecular flexibility index (Phi) is 3.86. The van der Waals surface area contributed by atoms with Gasteiger partial charge in [0.15, 0.2) is 0 Å². The average molecular weight is 284 g/mol. The van der Waals surface area contributed by atoms with Gasteiger partial charge in [-0.3, -0.25) is 4.79 Å². The Labute approximate surface area is 123 Å². The lowest BCUT2D eigenvalue weighted by Crippen LogP contribution is -2.24. The largest absolute Gasteiger partial charge is 0.385 e. The first-order valence-corrected chi connectivity index (χ1v) is 7.12. The zero-order valence-corrected chi connectivity index (χ0v) is 11.7. The van der Waals surface area contributed by atoms with Crippen molar-refractivity contribution in [1.82, 2.24) is 5.32 Å². The molecule has 1 aliphatic rings. The summed E-state index contributed by atoms with van der Waals surface area (Å²) in [5, 5.41) is 6.28. The van der Waals surface area contributed by atoms with Gasteiger partial charge in [0, 0.05) is 24.3 Å². The van der Waals surface area contributed by atoms with Crippen LogP contribution in [-0.2, 0) is 13.0 Å². The molecule has 0 saturated carbocycles. The van der Waals surface area contributed by atoms with Crippen LogP contribution >= 0.6 is 0 Å². The highest BCUT2D eigenvalue weighted by molar-refractivity contribution is 5.94. The Morgan fingerprint density at radius 1 is 1.19 bits per heavy atom. The lowest BCUT2D eigenvalue weighted by molar-refractivity contribution is 0.0951. The molecular formula is C17H17FN2O. The molecule has 3 nitrogen and oxygen atoms in total. The van der Waals surface area contributed by atoms with Crippen LogP contribution in [0.15, 0.2) is 42.5 Å². The maximum absolute atomic E-state index is 12.8. The summed E-state index contributed by atoms with van der Waals surface area (Å²) in [6.45, 7) is 1.43. The van der Waals surface area contributed by atoms with Crippen LogP contribution in [0.25, 0.3) is 0 Å². The minimum atomic E-state index is -0.340. The van der Waals surface area contributed by atoms with Gasteiger partial charge >= 0.3 is 0 Å². The van der Waals surface area contributed by atoms with E-state index < -0.39 is 0 Å². The van der Waals surface area contributed by atoms with Crippen LogP contribution in [0.4, 0.5) is 10.1 Å². The SMILES string of the molecule is O=C(NCc1cccc2c1NCCC2)c1ccc(F)cc1. The highest BCUT2D eigenvalue weighted by atomic mass is 19.1. The third-order valence-corrected chi connectivity index (χ3v) is 3.71. The number of carbonyl (C=O) groups is 1. The van der Waals surface area contributed by atoms with Crippen LogP contribution in [0.1, 0.15) is 27.9 Å². The van der Waals surface area contributed by atoms with Gasteiger partial charge in [-0.05, 0) is 48.2 Å². The summed E-state index contributed by atoms with van der Waals surface area (Å²) >= 11 is 0. The van der Waals surface area contributed by atoms with Gasteiger partial charge in [0.2, 0.25) is 0 Å². The molecule has 2 aromatic carbocycles. The molecule has 1 amide bonds. The van der Waals surface area contributed by atoms with Gasteiger partial charge < -0.3 is 10.6 Å². The number of para-hydroxylation sites is 1. The molecule has 108 valence electrons. The van der Waals surface area contributed by atoms with Crippen LogP contribution in [-0.4, -0.2) is 12.5 Å². The highest BCUT2D eigenvalue weighted by Crippen LogP contribution is 2.25. The number of amides is 1. The number of carbonyl (C=O) groups excluding carboxylic acids is 1. The van der Waals surface area contributed by atoms with Crippen molar-refractivity contribution in [2.45, 2.75) is 19.4 Å². The molecule has 0 spiro atoms. The number of hydrogen-bond donors (Lipinski definition) is 2. The molecule has 0 radical (unpaired) electrons. The summed E-state index contributed by atoms with van der Waals surface area (Å²) in [6.07, 6.45) is 2.21. The zero-order chi connectivity index (χ0) is 14.7. The first kappa shape index (κ1) is 13.6. The Bertz CT molecular complexity index is 652. The van der Waals surface area contributed by atoms with Gasteiger partial charge in [0.05, 0.1) is 0 Å². The highest BCUT2D eigenvalue weighted by Gasteiger charge is 2.13. The molecule has 0 unspecified atom stereocenters. The van der Waals surface area contributed by atoms with Gasteiger partial charge in [-0.15, -0.1) is 0 Å². The van der Waals surface area contributed by atoms with Crippen molar-refractivity contribution in [2.24, 2.45) is 0 Å². The fourth-order valence-electron chi connectivity index (χ4n) is 2.61. The Hall–Kier alpha value is -2.36. The molecule has 0 atom stereocenters. The number of anilines is 1. The topological polar surface area (TPSA) is 41.1 Å². The number of fused-ring (bicyclic) bond motifs is 1. The Balaban J connectivity index is 1.70. The molecule has 0 aromatic heterocycles. The van der Waals surface area contributed by atoms with Crippen LogP contribution in [0.2, 0.25) is 0 Å². The average Bonchev–Trinajstić information content (AvgIpc) is 2.53.